The molecule has 2 aliphatic rings. The highest BCUT2D eigenvalue weighted by Crippen LogP contribution is 2.44. The van der Waals surface area contributed by atoms with Crippen LogP contribution in [-0.2, 0) is 6.54 Å². The normalized spacial score (nSPS) is 18.2. The number of aryl methyl sites for hydroxylation is 2. The van der Waals surface area contributed by atoms with Crippen molar-refractivity contribution in [1.82, 2.24) is 24.7 Å². The maximum absolute atomic E-state index is 13.5. The van der Waals surface area contributed by atoms with Gasteiger partial charge >= 0.3 is 0 Å². The molecule has 6 rings (SSSR count). The van der Waals surface area contributed by atoms with Crippen molar-refractivity contribution in [3.8, 4) is 22.3 Å². The van der Waals surface area contributed by atoms with Gasteiger partial charge in [0.25, 0.3) is 0 Å². The Balaban J connectivity index is 1.44. The molecule has 32 heavy (non-hydrogen) atoms. The first kappa shape index (κ1) is 19.5. The molecule has 2 saturated carbocycles. The maximum atomic E-state index is 13.5. The van der Waals surface area contributed by atoms with Crippen molar-refractivity contribution in [3.05, 3.63) is 48.1 Å². The molecule has 4 aromatic heterocycles. The highest BCUT2D eigenvalue weighted by atomic mass is 19.3. The average molecular weight is 435 g/mol. The molecule has 0 N–H and O–H groups in total. The third-order valence-electron chi connectivity index (χ3n) is 6.59. The highest BCUT2D eigenvalue weighted by Gasteiger charge is 2.45. The molecule has 4 heterocycles. The lowest BCUT2D eigenvalue weighted by Gasteiger charge is -2.35. The van der Waals surface area contributed by atoms with Crippen LogP contribution >= 0.6 is 0 Å². The molecule has 0 bridgehead atoms. The van der Waals surface area contributed by atoms with Crippen molar-refractivity contribution in [2.75, 3.05) is 0 Å². The molecule has 0 spiro atoms. The van der Waals surface area contributed by atoms with Crippen molar-refractivity contribution in [2.45, 2.75) is 57.9 Å². The van der Waals surface area contributed by atoms with Crippen LogP contribution in [0.2, 0.25) is 0 Å². The van der Waals surface area contributed by atoms with E-state index in [4.69, 9.17) is 9.51 Å². The van der Waals surface area contributed by atoms with E-state index in [1.54, 1.807) is 0 Å². The number of alkyl halides is 2. The predicted molar refractivity (Wildman–Crippen MR) is 115 cm³/mol. The van der Waals surface area contributed by atoms with Gasteiger partial charge in [0.15, 0.2) is 0 Å². The van der Waals surface area contributed by atoms with Crippen LogP contribution < -0.4 is 0 Å². The Morgan fingerprint density at radius 2 is 1.78 bits per heavy atom. The largest absolute Gasteiger partial charge is 0.361 e. The number of pyridine rings is 1. The van der Waals surface area contributed by atoms with Gasteiger partial charge in [-0.15, -0.1) is 0 Å². The minimum absolute atomic E-state index is 0.0512. The third-order valence-corrected chi connectivity index (χ3v) is 6.59. The van der Waals surface area contributed by atoms with Gasteiger partial charge in [-0.05, 0) is 38.7 Å². The molecule has 0 saturated heterocycles. The average Bonchev–Trinajstić information content (AvgIpc) is 3.47. The quantitative estimate of drug-likeness (QED) is 0.403. The van der Waals surface area contributed by atoms with Gasteiger partial charge in [0.05, 0.1) is 16.7 Å². The fraction of sp³-hybridized carbons (Fsp3) is 0.417. The van der Waals surface area contributed by atoms with Crippen LogP contribution in [0.5, 0.6) is 0 Å². The van der Waals surface area contributed by atoms with E-state index in [9.17, 15) is 8.78 Å². The lowest BCUT2D eigenvalue weighted by atomic mass is 9.81. The van der Waals surface area contributed by atoms with E-state index >= 15 is 0 Å². The van der Waals surface area contributed by atoms with Gasteiger partial charge in [-0.3, -0.25) is 4.98 Å². The van der Waals surface area contributed by atoms with Crippen molar-refractivity contribution >= 4 is 11.0 Å². The molecule has 8 heteroatoms. The topological polar surface area (TPSA) is 69.6 Å². The van der Waals surface area contributed by atoms with Crippen LogP contribution in [0.3, 0.4) is 0 Å². The summed E-state index contributed by atoms with van der Waals surface area (Å²) in [7, 11) is 0. The van der Waals surface area contributed by atoms with E-state index in [0.29, 0.717) is 12.5 Å². The van der Waals surface area contributed by atoms with Crippen LogP contribution in [0.15, 0.2) is 35.4 Å². The van der Waals surface area contributed by atoms with Crippen molar-refractivity contribution in [1.29, 1.82) is 0 Å². The summed E-state index contributed by atoms with van der Waals surface area (Å²) < 4.78 is 34.3. The smallest absolute Gasteiger partial charge is 0.248 e. The van der Waals surface area contributed by atoms with Gasteiger partial charge in [-0.2, -0.15) is 0 Å². The molecule has 0 aliphatic heterocycles. The fourth-order valence-corrected chi connectivity index (χ4v) is 4.78. The lowest BCUT2D eigenvalue weighted by molar-refractivity contribution is -0.113. The monoisotopic (exact) mass is 435 g/mol. The summed E-state index contributed by atoms with van der Waals surface area (Å²) in [5, 5.41) is 4.05. The summed E-state index contributed by atoms with van der Waals surface area (Å²) in [6.45, 7) is 4.30. The Labute approximate surface area is 183 Å². The molecule has 0 radical (unpaired) electrons. The summed E-state index contributed by atoms with van der Waals surface area (Å²) in [4.78, 5) is 13.9. The van der Waals surface area contributed by atoms with Crippen molar-refractivity contribution in [2.24, 2.45) is 5.92 Å². The Morgan fingerprint density at radius 3 is 2.41 bits per heavy atom. The number of hydrogen-bond acceptors (Lipinski definition) is 5. The molecule has 2 fully saturated rings. The summed E-state index contributed by atoms with van der Waals surface area (Å²) >= 11 is 0. The summed E-state index contributed by atoms with van der Waals surface area (Å²) in [6.07, 6.45) is 9.67. The minimum Gasteiger partial charge on any atom is -0.361 e. The second-order valence-corrected chi connectivity index (χ2v) is 9.22. The lowest BCUT2D eigenvalue weighted by Crippen LogP contribution is -2.37. The molecular weight excluding hydrogens is 412 g/mol. The Bertz CT molecular complexity index is 1290. The summed E-state index contributed by atoms with van der Waals surface area (Å²) in [6, 6.07) is 2.05. The fourth-order valence-electron chi connectivity index (χ4n) is 4.78. The summed E-state index contributed by atoms with van der Waals surface area (Å²) in [5.41, 5.74) is 6.13. The van der Waals surface area contributed by atoms with Gasteiger partial charge in [0.2, 0.25) is 5.92 Å². The first-order valence-corrected chi connectivity index (χ1v) is 11.0. The molecular formula is C24H23F2N5O. The summed E-state index contributed by atoms with van der Waals surface area (Å²) in [5.74, 6) is -0.484. The molecule has 2 aliphatic carbocycles. The zero-order chi connectivity index (χ0) is 22.0. The van der Waals surface area contributed by atoms with E-state index in [1.165, 1.54) is 0 Å². The van der Waals surface area contributed by atoms with Crippen molar-refractivity contribution in [3.63, 3.8) is 0 Å². The molecule has 0 aromatic carbocycles. The van der Waals surface area contributed by atoms with E-state index in [2.05, 4.69) is 21.2 Å². The Hall–Kier alpha value is -3.16. The van der Waals surface area contributed by atoms with Crippen LogP contribution in [0.25, 0.3) is 33.3 Å². The number of nitrogens with zero attached hydrogens (tertiary/aromatic N) is 5. The minimum atomic E-state index is -2.54. The first-order chi connectivity index (χ1) is 15.4. The molecule has 0 atom stereocenters. The Morgan fingerprint density at radius 1 is 1.06 bits per heavy atom. The second kappa shape index (κ2) is 6.92. The molecule has 4 aromatic rings. The van der Waals surface area contributed by atoms with Gasteiger partial charge in [-0.1, -0.05) is 5.16 Å². The molecule has 164 valence electrons. The number of hydrogen-bond donors (Lipinski definition) is 0. The molecule has 0 unspecified atom stereocenters. The zero-order valence-electron chi connectivity index (χ0n) is 18.0. The van der Waals surface area contributed by atoms with Crippen LogP contribution in [0.1, 0.15) is 48.9 Å². The van der Waals surface area contributed by atoms with E-state index in [1.807, 2.05) is 43.2 Å². The van der Waals surface area contributed by atoms with Crippen LogP contribution in [0, 0.1) is 19.8 Å². The highest BCUT2D eigenvalue weighted by molar-refractivity contribution is 5.94. The zero-order valence-corrected chi connectivity index (χ0v) is 18.0. The number of halogens is 2. The SMILES string of the molecule is Cc1noc(C)c1-c1cnc2c(-c3cnc(C4CC4)nc3)cn(CC3CC(F)(F)C3)c2c1. The number of rotatable bonds is 5. The maximum Gasteiger partial charge on any atom is 0.248 e. The Kier molecular flexibility index (Phi) is 4.22. The predicted octanol–water partition coefficient (Wildman–Crippen LogP) is 5.69. The number of aromatic nitrogens is 5. The van der Waals surface area contributed by atoms with E-state index < -0.39 is 5.92 Å². The molecule has 0 amide bonds. The van der Waals surface area contributed by atoms with Gasteiger partial charge in [0, 0.05) is 72.3 Å². The first-order valence-electron chi connectivity index (χ1n) is 11.0. The van der Waals surface area contributed by atoms with Crippen LogP contribution in [-0.4, -0.2) is 30.6 Å². The van der Waals surface area contributed by atoms with Gasteiger partial charge < -0.3 is 9.09 Å². The molecule has 6 nitrogen and oxygen atoms in total. The second-order valence-electron chi connectivity index (χ2n) is 9.22. The van der Waals surface area contributed by atoms with Crippen LogP contribution in [0.4, 0.5) is 8.78 Å². The van der Waals surface area contributed by atoms with Crippen molar-refractivity contribution < 1.29 is 13.3 Å². The van der Waals surface area contributed by atoms with Gasteiger partial charge in [-0.25, -0.2) is 18.7 Å². The van der Waals surface area contributed by atoms with E-state index in [-0.39, 0.29) is 18.8 Å². The van der Waals surface area contributed by atoms with E-state index in [0.717, 1.165) is 63.4 Å². The number of fused-ring (bicyclic) bond motifs is 1. The standard InChI is InChI=1S/C24H23F2N5O/c1-13-21(14(2)32-30-13)17-5-20-22(27-8-17)19(12-31(20)11-15-6-24(25,26)7-15)18-9-28-23(29-10-18)16-3-4-16/h5,8-10,12,15-16H,3-4,6-7,11H2,1-2H3. The van der Waals surface area contributed by atoms with Gasteiger partial charge in [0.1, 0.15) is 11.6 Å². The third kappa shape index (κ3) is 3.29.